The van der Waals surface area contributed by atoms with Gasteiger partial charge in [-0.3, -0.25) is 4.57 Å². The van der Waals surface area contributed by atoms with Gasteiger partial charge in [-0.15, -0.1) is 0 Å². The predicted molar refractivity (Wildman–Crippen MR) is 70.8 cm³/mol. The minimum atomic E-state index is -3.63. The van der Waals surface area contributed by atoms with Crippen LogP contribution in [0.3, 0.4) is 0 Å². The van der Waals surface area contributed by atoms with Crippen LogP contribution in [0.1, 0.15) is 19.4 Å². The summed E-state index contributed by atoms with van der Waals surface area (Å²) < 4.78 is 35.6. The largest absolute Gasteiger partial charge is 0.371 e. The highest BCUT2D eigenvalue weighted by Crippen LogP contribution is 2.56. The second kappa shape index (κ2) is 7.20. The minimum Gasteiger partial charge on any atom is -0.305 e. The molecule has 0 aromatic heterocycles. The number of halogens is 1. The maximum Gasteiger partial charge on any atom is 0.371 e. The SMILES string of the molecule is CCOP(=O)(OCC)/C(C#N)=C/c1cccc(F)c1. The number of rotatable bonds is 6. The van der Waals surface area contributed by atoms with E-state index < -0.39 is 13.4 Å². The second-order valence-corrected chi connectivity index (χ2v) is 5.52. The molecule has 0 aliphatic carbocycles. The summed E-state index contributed by atoms with van der Waals surface area (Å²) in [5.74, 6) is -0.436. The van der Waals surface area contributed by atoms with Gasteiger partial charge in [-0.05, 0) is 37.6 Å². The summed E-state index contributed by atoms with van der Waals surface area (Å²) in [6, 6.07) is 7.43. The van der Waals surface area contributed by atoms with Crippen molar-refractivity contribution in [1.82, 2.24) is 0 Å². The molecule has 0 radical (unpaired) electrons. The second-order valence-electron chi connectivity index (χ2n) is 3.53. The van der Waals surface area contributed by atoms with Crippen molar-refractivity contribution in [3.05, 3.63) is 41.0 Å². The van der Waals surface area contributed by atoms with Gasteiger partial charge in [0.2, 0.25) is 0 Å². The molecule has 0 spiro atoms. The Balaban J connectivity index is 3.18. The third kappa shape index (κ3) is 4.29. The Morgan fingerprint density at radius 1 is 1.42 bits per heavy atom. The summed E-state index contributed by atoms with van der Waals surface area (Å²) in [4.78, 5) is 0. The quantitative estimate of drug-likeness (QED) is 0.585. The normalized spacial score (nSPS) is 12.2. The molecular weight excluding hydrogens is 268 g/mol. The van der Waals surface area contributed by atoms with Gasteiger partial charge < -0.3 is 9.05 Å². The molecule has 6 heteroatoms. The van der Waals surface area contributed by atoms with Gasteiger partial charge in [-0.25, -0.2) is 4.39 Å². The number of hydrogen-bond donors (Lipinski definition) is 0. The molecule has 102 valence electrons. The standard InChI is InChI=1S/C13H15FNO3P/c1-3-17-19(16,18-4-2)13(10-15)9-11-6-5-7-12(14)8-11/h5-9H,3-4H2,1-2H3/b13-9+. The Bertz CT molecular complexity index is 541. The number of hydrogen-bond acceptors (Lipinski definition) is 4. The predicted octanol–water partition coefficient (Wildman–Crippen LogP) is 3.96. The van der Waals surface area contributed by atoms with Gasteiger partial charge in [0.25, 0.3) is 0 Å². The lowest BCUT2D eigenvalue weighted by Crippen LogP contribution is -1.97. The summed E-state index contributed by atoms with van der Waals surface area (Å²) in [6.07, 6.45) is 1.31. The first-order valence-corrected chi connectivity index (χ1v) is 7.37. The molecule has 1 aromatic carbocycles. The summed E-state index contributed by atoms with van der Waals surface area (Å²) in [7, 11) is -3.63. The zero-order valence-corrected chi connectivity index (χ0v) is 11.7. The van der Waals surface area contributed by atoms with Crippen LogP contribution in [0, 0.1) is 17.1 Å². The average Bonchev–Trinajstić information content (AvgIpc) is 2.36. The monoisotopic (exact) mass is 283 g/mol. The number of nitrogens with zero attached hydrogens (tertiary/aromatic N) is 1. The van der Waals surface area contributed by atoms with E-state index in [1.54, 1.807) is 26.0 Å². The van der Waals surface area contributed by atoms with Crippen molar-refractivity contribution in [2.75, 3.05) is 13.2 Å². The van der Waals surface area contributed by atoms with Gasteiger partial charge in [0.05, 0.1) is 13.2 Å². The lowest BCUT2D eigenvalue weighted by Gasteiger charge is -2.15. The van der Waals surface area contributed by atoms with E-state index in [0.717, 1.165) is 0 Å². The van der Waals surface area contributed by atoms with Gasteiger partial charge in [0.1, 0.15) is 17.2 Å². The van der Waals surface area contributed by atoms with Gasteiger partial charge in [-0.1, -0.05) is 12.1 Å². The van der Waals surface area contributed by atoms with Crippen molar-refractivity contribution in [2.24, 2.45) is 0 Å². The fourth-order valence-corrected chi connectivity index (χ4v) is 2.91. The van der Waals surface area contributed by atoms with Gasteiger partial charge in [-0.2, -0.15) is 5.26 Å². The van der Waals surface area contributed by atoms with Crippen molar-refractivity contribution >= 4 is 13.7 Å². The number of benzene rings is 1. The fourth-order valence-electron chi connectivity index (χ4n) is 1.44. The molecule has 0 bridgehead atoms. The number of nitriles is 1. The van der Waals surface area contributed by atoms with E-state index in [-0.39, 0.29) is 18.5 Å². The maximum absolute atomic E-state index is 13.1. The molecule has 1 aromatic rings. The smallest absolute Gasteiger partial charge is 0.305 e. The van der Waals surface area contributed by atoms with Crippen LogP contribution >= 0.6 is 7.60 Å². The molecule has 19 heavy (non-hydrogen) atoms. The van der Waals surface area contributed by atoms with Crippen LogP contribution in [0.2, 0.25) is 0 Å². The zero-order chi connectivity index (χ0) is 14.3. The highest BCUT2D eigenvalue weighted by Gasteiger charge is 2.29. The first kappa shape index (κ1) is 15.6. The topological polar surface area (TPSA) is 59.3 Å². The van der Waals surface area contributed by atoms with Gasteiger partial charge >= 0.3 is 7.60 Å². The van der Waals surface area contributed by atoms with E-state index in [2.05, 4.69) is 0 Å². The van der Waals surface area contributed by atoms with Crippen LogP contribution in [0.25, 0.3) is 6.08 Å². The van der Waals surface area contributed by atoms with Crippen molar-refractivity contribution in [3.8, 4) is 6.07 Å². The van der Waals surface area contributed by atoms with Crippen LogP contribution in [0.15, 0.2) is 29.6 Å². The van der Waals surface area contributed by atoms with Crippen molar-refractivity contribution in [2.45, 2.75) is 13.8 Å². The van der Waals surface area contributed by atoms with Crippen LogP contribution in [0.5, 0.6) is 0 Å². The summed E-state index contributed by atoms with van der Waals surface area (Å²) >= 11 is 0. The summed E-state index contributed by atoms with van der Waals surface area (Å²) in [6.45, 7) is 3.62. The van der Waals surface area contributed by atoms with Crippen LogP contribution in [0.4, 0.5) is 4.39 Å². The highest BCUT2D eigenvalue weighted by atomic mass is 31.2. The highest BCUT2D eigenvalue weighted by molar-refractivity contribution is 7.59. The molecule has 0 N–H and O–H groups in total. The number of allylic oxidation sites excluding steroid dienone is 1. The van der Waals surface area contributed by atoms with E-state index in [9.17, 15) is 8.96 Å². The molecule has 1 rings (SSSR count). The molecule has 0 unspecified atom stereocenters. The van der Waals surface area contributed by atoms with Crippen molar-refractivity contribution in [3.63, 3.8) is 0 Å². The first-order chi connectivity index (χ1) is 9.05. The van der Waals surface area contributed by atoms with Gasteiger partial charge in [0.15, 0.2) is 0 Å². The molecule has 0 saturated heterocycles. The van der Waals surface area contributed by atoms with E-state index >= 15 is 0 Å². The molecule has 0 atom stereocenters. The molecule has 0 heterocycles. The molecule has 0 aliphatic heterocycles. The molecular formula is C13H15FNO3P. The van der Waals surface area contributed by atoms with Crippen LogP contribution in [-0.2, 0) is 13.6 Å². The summed E-state index contributed by atoms with van der Waals surface area (Å²) in [5.41, 5.74) is 0.427. The van der Waals surface area contributed by atoms with Gasteiger partial charge in [0, 0.05) is 0 Å². The molecule has 0 fully saturated rings. The zero-order valence-electron chi connectivity index (χ0n) is 10.8. The molecule has 0 saturated carbocycles. The van der Waals surface area contributed by atoms with E-state index in [4.69, 9.17) is 14.3 Å². The first-order valence-electron chi connectivity index (χ1n) is 5.82. The molecule has 0 amide bonds. The third-order valence-electron chi connectivity index (χ3n) is 2.16. The Labute approximate surface area is 112 Å². The molecule has 0 aliphatic rings. The minimum absolute atomic E-state index is 0.137. The van der Waals surface area contributed by atoms with Crippen LogP contribution < -0.4 is 0 Å². The average molecular weight is 283 g/mol. The Kier molecular flexibility index (Phi) is 5.91. The maximum atomic E-state index is 13.1. The Hall–Kier alpha value is -1.47. The Morgan fingerprint density at radius 2 is 2.05 bits per heavy atom. The lowest BCUT2D eigenvalue weighted by molar-refractivity contribution is 0.227. The molecule has 4 nitrogen and oxygen atoms in total. The third-order valence-corrected chi connectivity index (χ3v) is 4.18. The summed E-state index contributed by atoms with van der Waals surface area (Å²) in [5, 5.41) is 8.96. The lowest BCUT2D eigenvalue weighted by atomic mass is 10.2. The van der Waals surface area contributed by atoms with Crippen LogP contribution in [-0.4, -0.2) is 13.2 Å². The van der Waals surface area contributed by atoms with E-state index in [1.165, 1.54) is 24.3 Å². The Morgan fingerprint density at radius 3 is 2.53 bits per heavy atom. The van der Waals surface area contributed by atoms with Crippen molar-refractivity contribution in [1.29, 1.82) is 5.26 Å². The fraction of sp³-hybridized carbons (Fsp3) is 0.308. The van der Waals surface area contributed by atoms with E-state index in [0.29, 0.717) is 5.56 Å². The van der Waals surface area contributed by atoms with Crippen molar-refractivity contribution < 1.29 is 18.0 Å². The van der Waals surface area contributed by atoms with E-state index in [1.807, 2.05) is 0 Å².